The van der Waals surface area contributed by atoms with Crippen molar-refractivity contribution in [1.82, 2.24) is 0 Å². The summed E-state index contributed by atoms with van der Waals surface area (Å²) in [4.78, 5) is 0. The first-order valence-electron chi connectivity index (χ1n) is 4.98. The fourth-order valence-electron chi connectivity index (χ4n) is 0.745. The molecule has 0 heterocycles. The van der Waals surface area contributed by atoms with Crippen LogP contribution < -0.4 is 0 Å². The van der Waals surface area contributed by atoms with Gasteiger partial charge in [-0.3, -0.25) is 0 Å². The second-order valence-electron chi connectivity index (χ2n) is 3.69. The summed E-state index contributed by atoms with van der Waals surface area (Å²) in [7, 11) is -14.3. The van der Waals surface area contributed by atoms with E-state index in [1.807, 2.05) is 0 Å². The lowest BCUT2D eigenvalue weighted by Gasteiger charge is -2.09. The zero-order valence-electron chi connectivity index (χ0n) is 10.3. The Morgan fingerprint density at radius 3 is 1.84 bits per heavy atom. The van der Waals surface area contributed by atoms with E-state index in [0.29, 0.717) is 12.3 Å². The second-order valence-corrected chi connectivity index (χ2v) is 11.1. The molecule has 0 aliphatic carbocycles. The molecular weight excluding hydrogens is 333 g/mol. The molecule has 0 aromatic carbocycles. The van der Waals surface area contributed by atoms with Crippen LogP contribution in [0.15, 0.2) is 0 Å². The molecule has 0 aliphatic heterocycles. The summed E-state index contributed by atoms with van der Waals surface area (Å²) in [6.07, 6.45) is 1.01. The summed E-state index contributed by atoms with van der Waals surface area (Å²) >= 11 is 0. The van der Waals surface area contributed by atoms with Crippen molar-refractivity contribution in [2.24, 2.45) is 0 Å². The van der Waals surface area contributed by atoms with Crippen molar-refractivity contribution in [3.05, 3.63) is 0 Å². The summed E-state index contributed by atoms with van der Waals surface area (Å²) in [5.41, 5.74) is -2.36. The molecule has 0 saturated heterocycles. The van der Waals surface area contributed by atoms with Crippen molar-refractivity contribution in [2.75, 3.05) is 19.0 Å². The van der Waals surface area contributed by atoms with Gasteiger partial charge in [-0.1, -0.05) is 0 Å². The maximum Gasteiger partial charge on any atom is 0.619 e. The first kappa shape index (κ1) is 19.0. The predicted molar refractivity (Wildman–Crippen MR) is 66.9 cm³/mol. The van der Waals surface area contributed by atoms with E-state index in [9.17, 15) is 30.0 Å². The molecule has 11 heteroatoms. The molecule has 0 aromatic rings. The zero-order chi connectivity index (χ0) is 15.5. The Kier molecular flexibility index (Phi) is 6.17. The molecule has 3 nitrogen and oxygen atoms in total. The van der Waals surface area contributed by atoms with E-state index in [-0.39, 0.29) is 0 Å². The summed E-state index contributed by atoms with van der Waals surface area (Å²) in [5, 5.41) is 0. The Morgan fingerprint density at radius 2 is 1.53 bits per heavy atom. The Bertz CT molecular complexity index is 473. The molecule has 112 valence electrons. The average Bonchev–Trinajstić information content (AvgIpc) is 2.23. The summed E-state index contributed by atoms with van der Waals surface area (Å²) in [6, 6.07) is 0. The predicted octanol–water partition coefficient (Wildman–Crippen LogP) is 4.16. The fraction of sp³-hybridized carbons (Fsp3) is 0.750. The van der Waals surface area contributed by atoms with E-state index in [4.69, 9.17) is 0 Å². The molecule has 0 radical (unpaired) electrons. The third-order valence-corrected chi connectivity index (χ3v) is 8.41. The molecule has 0 bridgehead atoms. The highest BCUT2D eigenvalue weighted by Gasteiger charge is 2.60. The van der Waals surface area contributed by atoms with Gasteiger partial charge in [0, 0.05) is 8.39 Å². The number of hydrogen-bond acceptors (Lipinski definition) is 3. The number of rotatable bonds is 4. The highest BCUT2D eigenvalue weighted by atomic mass is 32.2. The summed E-state index contributed by atoms with van der Waals surface area (Å²) in [6.45, 7) is 5.09. The van der Waals surface area contributed by atoms with E-state index in [2.05, 4.69) is 9.63 Å². The summed E-state index contributed by atoms with van der Waals surface area (Å²) in [5.74, 6) is 0. The molecule has 0 aromatic heterocycles. The lowest BCUT2D eigenvalue weighted by Crippen LogP contribution is -2.24. The minimum absolute atomic E-state index is 0.503. The van der Waals surface area contributed by atoms with Gasteiger partial charge in [0.15, 0.2) is 0 Å². The molecule has 0 atom stereocenters. The lowest BCUT2D eigenvalue weighted by molar-refractivity contribution is -0.0502. The molecule has 0 amide bonds. The van der Waals surface area contributed by atoms with Gasteiger partial charge in [0.1, 0.15) is 5.66 Å². The van der Waals surface area contributed by atoms with Crippen molar-refractivity contribution in [3.8, 4) is 11.3 Å². The Labute approximate surface area is 110 Å². The molecule has 0 N–H and O–H groups in total. The van der Waals surface area contributed by atoms with Crippen molar-refractivity contribution in [2.45, 2.75) is 19.4 Å². The van der Waals surface area contributed by atoms with Gasteiger partial charge in [0.2, 0.25) is 5.66 Å². The molecule has 0 aliphatic rings. The van der Waals surface area contributed by atoms with Gasteiger partial charge >= 0.3 is 23.7 Å². The topological polar surface area (TPSA) is 43.4 Å². The molecule has 0 spiro atoms. The third-order valence-electron chi connectivity index (χ3n) is 2.32. The van der Waals surface area contributed by atoms with Crippen molar-refractivity contribution >= 4 is 25.5 Å². The fourth-order valence-corrected chi connectivity index (χ4v) is 4.41. The van der Waals surface area contributed by atoms with Gasteiger partial charge in [-0.15, -0.1) is 0 Å². The highest BCUT2D eigenvalue weighted by molar-refractivity contribution is 7.93. The Morgan fingerprint density at radius 1 is 1.11 bits per heavy atom. The first-order chi connectivity index (χ1) is 8.29. The maximum atomic E-state index is 13.1. The molecule has 19 heavy (non-hydrogen) atoms. The highest BCUT2D eigenvalue weighted by Crippen LogP contribution is 2.66. The van der Waals surface area contributed by atoms with Crippen molar-refractivity contribution in [3.63, 3.8) is 0 Å². The van der Waals surface area contributed by atoms with Crippen LogP contribution in [-0.4, -0.2) is 32.9 Å². The van der Waals surface area contributed by atoms with Gasteiger partial charge in [-0.05, 0) is 17.8 Å². The zero-order valence-corrected chi connectivity index (χ0v) is 12.9. The third kappa shape index (κ3) is 5.86. The maximum absolute atomic E-state index is 13.1. The van der Waals surface area contributed by atoms with Crippen LogP contribution in [0.1, 0.15) is 13.8 Å². The smallest absolute Gasteiger partial charge is 0.186 e. The quantitative estimate of drug-likeness (QED) is 0.332. The molecular formula is C8H13F5O3P2S+2. The SMILES string of the molecule is CC[P+](C)(C#C[P+](F)(F)OS(=O)(=O)C(F)(F)F)CC. The monoisotopic (exact) mass is 346 g/mol. The lowest BCUT2D eigenvalue weighted by atomic mass is 11.0. The van der Waals surface area contributed by atoms with Crippen LogP contribution in [-0.2, 0) is 14.1 Å². The van der Waals surface area contributed by atoms with E-state index in [0.717, 1.165) is 0 Å². The second kappa shape index (κ2) is 6.17. The molecule has 0 fully saturated rings. The molecule has 0 unspecified atom stereocenters. The van der Waals surface area contributed by atoms with Gasteiger partial charge in [0.25, 0.3) is 0 Å². The van der Waals surface area contributed by atoms with Gasteiger partial charge < -0.3 is 0 Å². The van der Waals surface area contributed by atoms with Crippen LogP contribution in [0.2, 0.25) is 0 Å². The number of halogens is 5. The van der Waals surface area contributed by atoms with Gasteiger partial charge in [-0.25, -0.2) is 0 Å². The Balaban J connectivity index is 5.20. The van der Waals surface area contributed by atoms with E-state index in [1.165, 1.54) is 5.66 Å². The van der Waals surface area contributed by atoms with Crippen LogP contribution in [0.4, 0.5) is 21.6 Å². The minimum atomic E-state index is -6.33. The average molecular weight is 346 g/mol. The van der Waals surface area contributed by atoms with E-state index < -0.39 is 31.0 Å². The molecule has 0 rings (SSSR count). The van der Waals surface area contributed by atoms with E-state index in [1.54, 1.807) is 20.5 Å². The van der Waals surface area contributed by atoms with Crippen molar-refractivity contribution < 1.29 is 34.0 Å². The number of alkyl halides is 3. The Hall–Kier alpha value is -0.0200. The number of hydrogen-bond donors (Lipinski definition) is 0. The normalized spacial score (nSPS) is 13.9. The van der Waals surface area contributed by atoms with Crippen LogP contribution >= 0.6 is 15.4 Å². The first-order valence-corrected chi connectivity index (χ1v) is 10.5. The van der Waals surface area contributed by atoms with Crippen LogP contribution in [0.5, 0.6) is 0 Å². The van der Waals surface area contributed by atoms with Crippen LogP contribution in [0.25, 0.3) is 0 Å². The van der Waals surface area contributed by atoms with E-state index >= 15 is 0 Å². The largest absolute Gasteiger partial charge is 0.619 e. The van der Waals surface area contributed by atoms with Gasteiger partial charge in [-0.2, -0.15) is 21.6 Å². The minimum Gasteiger partial charge on any atom is -0.186 e. The van der Waals surface area contributed by atoms with Gasteiger partial charge in [0.05, 0.1) is 26.3 Å². The van der Waals surface area contributed by atoms with Crippen LogP contribution in [0, 0.1) is 11.3 Å². The van der Waals surface area contributed by atoms with Crippen LogP contribution in [0.3, 0.4) is 0 Å². The summed E-state index contributed by atoms with van der Waals surface area (Å²) < 4.78 is 85.8. The van der Waals surface area contributed by atoms with Crippen molar-refractivity contribution in [1.29, 1.82) is 0 Å². The molecule has 0 saturated carbocycles. The standard InChI is InChI=1S/C8H13F5O3P2S/c1-4-17(3,5-2)6-7-18(12,13)16-19(14,15)8(9,10)11/h4-5H2,1-3H3/q+2.